The molecule has 0 unspecified atom stereocenters. The van der Waals surface area contributed by atoms with E-state index in [4.69, 9.17) is 14.9 Å². The van der Waals surface area contributed by atoms with E-state index < -0.39 is 0 Å². The van der Waals surface area contributed by atoms with E-state index in [1.54, 1.807) is 7.11 Å². The molecule has 96 valence electrons. The average molecular weight is 240 g/mol. The third-order valence-corrected chi connectivity index (χ3v) is 2.43. The van der Waals surface area contributed by atoms with Crippen LogP contribution in [-0.2, 0) is 6.54 Å². The highest BCUT2D eigenvalue weighted by Gasteiger charge is 2.07. The minimum atomic E-state index is 0.0724. The van der Waals surface area contributed by atoms with Gasteiger partial charge in [0.2, 0.25) is 0 Å². The van der Waals surface area contributed by atoms with E-state index in [1.807, 2.05) is 24.0 Å². The summed E-state index contributed by atoms with van der Waals surface area (Å²) in [7, 11) is 1.62. The normalized spacial score (nSPS) is 10.9. The smallest absolute Gasteiger partial charge is 0.122 e. The minimum Gasteiger partial charge on any atom is -0.497 e. The van der Waals surface area contributed by atoms with Crippen LogP contribution in [0.3, 0.4) is 0 Å². The largest absolute Gasteiger partial charge is 0.497 e. The molecule has 1 aromatic heterocycles. The Morgan fingerprint density at radius 1 is 1.24 bits per heavy atom. The second kappa shape index (κ2) is 7.21. The molecule has 0 aliphatic heterocycles. The lowest BCUT2D eigenvalue weighted by Gasteiger charge is -2.20. The molecule has 1 rings (SSSR count). The van der Waals surface area contributed by atoms with Crippen LogP contribution in [0.5, 0.6) is 5.75 Å². The second-order valence-electron chi connectivity index (χ2n) is 3.86. The first-order valence-corrected chi connectivity index (χ1v) is 5.65. The number of aliphatic hydroxyl groups excluding tert-OH is 2. The van der Waals surface area contributed by atoms with Gasteiger partial charge in [0.05, 0.1) is 26.0 Å². The van der Waals surface area contributed by atoms with Crippen molar-refractivity contribution >= 4 is 0 Å². The summed E-state index contributed by atoms with van der Waals surface area (Å²) in [6, 6.07) is 3.74. The van der Waals surface area contributed by atoms with Crippen molar-refractivity contribution in [2.45, 2.75) is 13.5 Å². The molecule has 0 amide bonds. The lowest BCUT2D eigenvalue weighted by atomic mass is 10.2. The topological polar surface area (TPSA) is 65.8 Å². The number of pyridine rings is 1. The summed E-state index contributed by atoms with van der Waals surface area (Å²) in [4.78, 5) is 6.35. The molecule has 0 saturated heterocycles. The summed E-state index contributed by atoms with van der Waals surface area (Å²) in [6.07, 6.45) is 0. The van der Waals surface area contributed by atoms with E-state index in [2.05, 4.69) is 4.98 Å². The zero-order valence-electron chi connectivity index (χ0n) is 10.4. The summed E-state index contributed by atoms with van der Waals surface area (Å²) in [6.45, 7) is 3.70. The number of aryl methyl sites for hydroxylation is 1. The van der Waals surface area contributed by atoms with Gasteiger partial charge >= 0.3 is 0 Å². The molecular formula is C12H20N2O3. The molecule has 0 aliphatic rings. The van der Waals surface area contributed by atoms with Crippen LogP contribution in [0.4, 0.5) is 0 Å². The molecule has 0 aromatic carbocycles. The summed E-state index contributed by atoms with van der Waals surface area (Å²) in [5, 5.41) is 17.9. The van der Waals surface area contributed by atoms with Gasteiger partial charge < -0.3 is 14.9 Å². The molecule has 5 heteroatoms. The van der Waals surface area contributed by atoms with Crippen LogP contribution in [0.25, 0.3) is 0 Å². The van der Waals surface area contributed by atoms with E-state index in [-0.39, 0.29) is 13.2 Å². The fourth-order valence-electron chi connectivity index (χ4n) is 1.68. The Morgan fingerprint density at radius 3 is 2.41 bits per heavy atom. The first-order valence-electron chi connectivity index (χ1n) is 5.65. The maximum Gasteiger partial charge on any atom is 0.122 e. The number of aromatic nitrogens is 1. The van der Waals surface area contributed by atoms with E-state index in [1.165, 1.54) is 0 Å². The number of ether oxygens (including phenoxy) is 1. The molecule has 0 atom stereocenters. The highest BCUT2D eigenvalue weighted by Crippen LogP contribution is 2.14. The quantitative estimate of drug-likeness (QED) is 0.712. The van der Waals surface area contributed by atoms with Gasteiger partial charge in [-0.3, -0.25) is 9.88 Å². The van der Waals surface area contributed by atoms with Crippen molar-refractivity contribution in [2.75, 3.05) is 33.4 Å². The van der Waals surface area contributed by atoms with Gasteiger partial charge in [-0.15, -0.1) is 0 Å². The highest BCUT2D eigenvalue weighted by atomic mass is 16.5. The van der Waals surface area contributed by atoms with Gasteiger partial charge in [-0.2, -0.15) is 0 Å². The van der Waals surface area contributed by atoms with Crippen LogP contribution in [-0.4, -0.2) is 53.5 Å². The third kappa shape index (κ3) is 4.68. The molecule has 0 fully saturated rings. The monoisotopic (exact) mass is 240 g/mol. The highest BCUT2D eigenvalue weighted by molar-refractivity contribution is 5.26. The maximum atomic E-state index is 8.93. The summed E-state index contributed by atoms with van der Waals surface area (Å²) in [5.41, 5.74) is 1.77. The second-order valence-corrected chi connectivity index (χ2v) is 3.86. The van der Waals surface area contributed by atoms with Gasteiger partial charge in [0.15, 0.2) is 0 Å². The minimum absolute atomic E-state index is 0.0724. The standard InChI is InChI=1S/C12H20N2O3/c1-10-7-12(17-2)8-11(13-10)9-14(3-5-15)4-6-16/h7-8,15-16H,3-6,9H2,1-2H3. The molecule has 1 heterocycles. The van der Waals surface area contributed by atoms with Crippen molar-refractivity contribution in [3.63, 3.8) is 0 Å². The predicted molar refractivity (Wildman–Crippen MR) is 65.0 cm³/mol. The molecule has 0 saturated carbocycles. The zero-order valence-corrected chi connectivity index (χ0v) is 10.4. The van der Waals surface area contributed by atoms with Crippen molar-refractivity contribution in [3.05, 3.63) is 23.5 Å². The zero-order chi connectivity index (χ0) is 12.7. The van der Waals surface area contributed by atoms with Gasteiger partial charge in [-0.25, -0.2) is 0 Å². The number of rotatable bonds is 7. The summed E-state index contributed by atoms with van der Waals surface area (Å²) >= 11 is 0. The molecule has 0 radical (unpaired) electrons. The van der Waals surface area contributed by atoms with Crippen LogP contribution in [0.15, 0.2) is 12.1 Å². The number of nitrogens with zero attached hydrogens (tertiary/aromatic N) is 2. The van der Waals surface area contributed by atoms with Crippen LogP contribution >= 0.6 is 0 Å². The van der Waals surface area contributed by atoms with Gasteiger partial charge in [0.25, 0.3) is 0 Å². The van der Waals surface area contributed by atoms with Crippen molar-refractivity contribution in [1.82, 2.24) is 9.88 Å². The SMILES string of the molecule is COc1cc(C)nc(CN(CCO)CCO)c1. The number of aliphatic hydroxyl groups is 2. The molecule has 0 aliphatic carbocycles. The van der Waals surface area contributed by atoms with E-state index >= 15 is 0 Å². The van der Waals surface area contributed by atoms with Crippen molar-refractivity contribution < 1.29 is 14.9 Å². The Labute approximate surface area is 102 Å². The van der Waals surface area contributed by atoms with E-state index in [0.29, 0.717) is 19.6 Å². The molecule has 5 nitrogen and oxygen atoms in total. The summed E-state index contributed by atoms with van der Waals surface area (Å²) in [5.74, 6) is 0.778. The van der Waals surface area contributed by atoms with Gasteiger partial charge in [0, 0.05) is 37.5 Å². The number of hydrogen-bond donors (Lipinski definition) is 2. The number of hydrogen-bond acceptors (Lipinski definition) is 5. The average Bonchev–Trinajstić information content (AvgIpc) is 2.29. The summed E-state index contributed by atoms with van der Waals surface area (Å²) < 4.78 is 5.18. The van der Waals surface area contributed by atoms with Gasteiger partial charge in [0.1, 0.15) is 5.75 Å². The molecular weight excluding hydrogens is 220 g/mol. The fraction of sp³-hybridized carbons (Fsp3) is 0.583. The molecule has 2 N–H and O–H groups in total. The van der Waals surface area contributed by atoms with Crippen LogP contribution in [0, 0.1) is 6.92 Å². The predicted octanol–water partition coefficient (Wildman–Crippen LogP) is 0.185. The third-order valence-electron chi connectivity index (χ3n) is 2.43. The Bertz CT molecular complexity index is 339. The van der Waals surface area contributed by atoms with Crippen molar-refractivity contribution in [1.29, 1.82) is 0 Å². The van der Waals surface area contributed by atoms with Gasteiger partial charge in [-0.05, 0) is 6.92 Å². The van der Waals surface area contributed by atoms with E-state index in [0.717, 1.165) is 17.1 Å². The lowest BCUT2D eigenvalue weighted by molar-refractivity contribution is 0.154. The Balaban J connectivity index is 2.73. The van der Waals surface area contributed by atoms with Crippen molar-refractivity contribution in [3.8, 4) is 5.75 Å². The Hall–Kier alpha value is -1.17. The molecule has 17 heavy (non-hydrogen) atoms. The van der Waals surface area contributed by atoms with E-state index in [9.17, 15) is 0 Å². The van der Waals surface area contributed by atoms with Crippen molar-refractivity contribution in [2.24, 2.45) is 0 Å². The van der Waals surface area contributed by atoms with Crippen LogP contribution < -0.4 is 4.74 Å². The van der Waals surface area contributed by atoms with Crippen LogP contribution in [0.2, 0.25) is 0 Å². The maximum absolute atomic E-state index is 8.93. The Morgan fingerprint density at radius 2 is 1.88 bits per heavy atom. The molecule has 0 spiro atoms. The van der Waals surface area contributed by atoms with Gasteiger partial charge in [-0.1, -0.05) is 0 Å². The fourth-order valence-corrected chi connectivity index (χ4v) is 1.68. The molecule has 0 bridgehead atoms. The number of methoxy groups -OCH3 is 1. The van der Waals surface area contributed by atoms with Crippen LogP contribution in [0.1, 0.15) is 11.4 Å². The Kier molecular flexibility index (Phi) is 5.90. The first kappa shape index (κ1) is 13.9. The first-order chi connectivity index (χ1) is 8.19. The molecule has 1 aromatic rings. The lowest BCUT2D eigenvalue weighted by Crippen LogP contribution is -2.29.